The third kappa shape index (κ3) is 2.27. The molecule has 1 unspecified atom stereocenters. The largest absolute Gasteiger partial charge is 0.321 e. The number of amides is 2. The van der Waals surface area contributed by atoms with E-state index >= 15 is 0 Å². The molecule has 0 spiro atoms. The van der Waals surface area contributed by atoms with Crippen LogP contribution in [0.1, 0.15) is 18.4 Å². The van der Waals surface area contributed by atoms with Crippen molar-refractivity contribution in [1.29, 1.82) is 0 Å². The van der Waals surface area contributed by atoms with Crippen LogP contribution in [0.25, 0.3) is 5.57 Å². The molecule has 2 atom stereocenters. The first-order valence-electron chi connectivity index (χ1n) is 7.06. The maximum absolute atomic E-state index is 12.0. The lowest BCUT2D eigenvalue weighted by Gasteiger charge is -2.27. The maximum atomic E-state index is 12.0. The van der Waals surface area contributed by atoms with Crippen LogP contribution in [0.5, 0.6) is 0 Å². The summed E-state index contributed by atoms with van der Waals surface area (Å²) in [5.41, 5.74) is 2.61. The van der Waals surface area contributed by atoms with Crippen molar-refractivity contribution in [2.75, 3.05) is 20.1 Å². The van der Waals surface area contributed by atoms with Crippen molar-refractivity contribution < 1.29 is 14.5 Å². The fraction of sp³-hybridized carbons (Fsp3) is 0.375. The molecule has 1 fully saturated rings. The van der Waals surface area contributed by atoms with Crippen LogP contribution >= 0.6 is 0 Å². The minimum atomic E-state index is -0.180. The second-order valence-corrected chi connectivity index (χ2v) is 5.51. The highest BCUT2D eigenvalue weighted by Gasteiger charge is 2.43. The number of hydrogen-bond acceptors (Lipinski definition) is 2. The van der Waals surface area contributed by atoms with Gasteiger partial charge in [-0.1, -0.05) is 30.3 Å². The van der Waals surface area contributed by atoms with Crippen LogP contribution < -0.4 is 4.90 Å². The summed E-state index contributed by atoms with van der Waals surface area (Å²) in [6.45, 7) is 1.74. The molecule has 0 bridgehead atoms. The molecule has 0 saturated carbocycles. The fourth-order valence-corrected chi connectivity index (χ4v) is 3.06. The minimum absolute atomic E-state index is 0.0263. The summed E-state index contributed by atoms with van der Waals surface area (Å²) in [4.78, 5) is 26.1. The standard InChI is InChI=1S/C16H18N2O2/c1-17-15(19)11-14(16(17)20)18-9-7-13(8-10-18)12-5-3-2-4-6-12/h2-7,14H,8-11H2,1H3/p+1/t14-/m0/s1. The van der Waals surface area contributed by atoms with Crippen LogP contribution in [0.3, 0.4) is 0 Å². The van der Waals surface area contributed by atoms with Gasteiger partial charge in [0.15, 0.2) is 6.04 Å². The first kappa shape index (κ1) is 13.1. The molecule has 3 rings (SSSR count). The van der Waals surface area contributed by atoms with E-state index in [4.69, 9.17) is 0 Å². The Hall–Kier alpha value is -1.94. The summed E-state index contributed by atoms with van der Waals surface area (Å²) < 4.78 is 0. The molecule has 0 aromatic heterocycles. The third-order valence-corrected chi connectivity index (χ3v) is 4.35. The Kier molecular flexibility index (Phi) is 3.40. The molecule has 0 aliphatic carbocycles. The Morgan fingerprint density at radius 1 is 1.20 bits per heavy atom. The van der Waals surface area contributed by atoms with Gasteiger partial charge in [-0.05, 0) is 17.2 Å². The van der Waals surface area contributed by atoms with Crippen molar-refractivity contribution in [2.24, 2.45) is 0 Å². The van der Waals surface area contributed by atoms with Gasteiger partial charge < -0.3 is 4.90 Å². The van der Waals surface area contributed by atoms with E-state index in [1.807, 2.05) is 18.2 Å². The zero-order valence-corrected chi connectivity index (χ0v) is 11.6. The van der Waals surface area contributed by atoms with E-state index in [-0.39, 0.29) is 17.9 Å². The number of nitrogens with zero attached hydrogens (tertiary/aromatic N) is 1. The summed E-state index contributed by atoms with van der Waals surface area (Å²) >= 11 is 0. The van der Waals surface area contributed by atoms with Crippen molar-refractivity contribution in [3.8, 4) is 0 Å². The van der Waals surface area contributed by atoms with Gasteiger partial charge in [-0.15, -0.1) is 0 Å². The molecule has 2 aliphatic rings. The topological polar surface area (TPSA) is 41.8 Å². The highest BCUT2D eigenvalue weighted by atomic mass is 16.2. The lowest BCUT2D eigenvalue weighted by Crippen LogP contribution is -3.17. The van der Waals surface area contributed by atoms with E-state index in [9.17, 15) is 9.59 Å². The number of imide groups is 1. The van der Waals surface area contributed by atoms with Crippen LogP contribution in [0.2, 0.25) is 0 Å². The average molecular weight is 271 g/mol. The van der Waals surface area contributed by atoms with Crippen molar-refractivity contribution >= 4 is 17.4 Å². The summed E-state index contributed by atoms with van der Waals surface area (Å²) in [6, 6.07) is 10.2. The molecule has 2 amide bonds. The van der Waals surface area contributed by atoms with E-state index in [1.165, 1.54) is 20.9 Å². The van der Waals surface area contributed by atoms with Gasteiger partial charge in [0.25, 0.3) is 5.91 Å². The van der Waals surface area contributed by atoms with Crippen LogP contribution in [0, 0.1) is 0 Å². The highest BCUT2D eigenvalue weighted by Crippen LogP contribution is 2.18. The monoisotopic (exact) mass is 271 g/mol. The number of carbonyl (C=O) groups is 2. The first-order valence-corrected chi connectivity index (χ1v) is 7.06. The lowest BCUT2D eigenvalue weighted by atomic mass is 9.98. The smallest absolute Gasteiger partial charge is 0.287 e. The van der Waals surface area contributed by atoms with Crippen LogP contribution in [-0.2, 0) is 9.59 Å². The predicted molar refractivity (Wildman–Crippen MR) is 75.9 cm³/mol. The van der Waals surface area contributed by atoms with Gasteiger partial charge in [0, 0.05) is 13.5 Å². The van der Waals surface area contributed by atoms with Gasteiger partial charge in [0.05, 0.1) is 19.5 Å². The predicted octanol–water partition coefficient (Wildman–Crippen LogP) is 0.116. The zero-order valence-electron chi connectivity index (χ0n) is 11.6. The van der Waals surface area contributed by atoms with Gasteiger partial charge in [-0.2, -0.15) is 0 Å². The third-order valence-electron chi connectivity index (χ3n) is 4.35. The number of likely N-dealkylation sites (tertiary alicyclic amines) is 1. The van der Waals surface area contributed by atoms with Crippen molar-refractivity contribution in [2.45, 2.75) is 18.9 Å². The molecule has 1 aromatic rings. The normalized spacial score (nSPS) is 26.9. The Bertz CT molecular complexity index is 565. The van der Waals surface area contributed by atoms with E-state index < -0.39 is 0 Å². The summed E-state index contributed by atoms with van der Waals surface area (Å²) in [7, 11) is 1.58. The van der Waals surface area contributed by atoms with Crippen LogP contribution in [-0.4, -0.2) is 42.9 Å². The molecule has 4 heteroatoms. The number of benzene rings is 1. The number of carbonyl (C=O) groups excluding carboxylic acids is 2. The fourth-order valence-electron chi connectivity index (χ4n) is 3.06. The highest BCUT2D eigenvalue weighted by molar-refractivity contribution is 6.04. The molecule has 20 heavy (non-hydrogen) atoms. The average Bonchev–Trinajstić information content (AvgIpc) is 2.76. The number of rotatable bonds is 2. The van der Waals surface area contributed by atoms with Gasteiger partial charge in [-0.25, -0.2) is 0 Å². The van der Waals surface area contributed by atoms with Gasteiger partial charge in [0.1, 0.15) is 0 Å². The molecule has 1 aromatic carbocycles. The number of hydrogen-bond donors (Lipinski definition) is 1. The second kappa shape index (κ2) is 5.21. The quantitative estimate of drug-likeness (QED) is 0.776. The van der Waals surface area contributed by atoms with E-state index in [0.717, 1.165) is 19.5 Å². The van der Waals surface area contributed by atoms with Crippen LogP contribution in [0.4, 0.5) is 0 Å². The number of nitrogens with one attached hydrogen (secondary N) is 1. The van der Waals surface area contributed by atoms with Gasteiger partial charge in [-0.3, -0.25) is 14.5 Å². The first-order chi connectivity index (χ1) is 9.66. The maximum Gasteiger partial charge on any atom is 0.287 e. The van der Waals surface area contributed by atoms with E-state index in [1.54, 1.807) is 7.05 Å². The van der Waals surface area contributed by atoms with Crippen LogP contribution in [0.15, 0.2) is 36.4 Å². The summed E-state index contributed by atoms with van der Waals surface area (Å²) in [5, 5.41) is 0. The molecule has 2 aliphatic heterocycles. The van der Waals surface area contributed by atoms with Crippen molar-refractivity contribution in [1.82, 2.24) is 4.90 Å². The van der Waals surface area contributed by atoms with Gasteiger partial charge >= 0.3 is 0 Å². The number of likely N-dealkylation sites (N-methyl/N-ethyl adjacent to an activating group) is 1. The molecule has 2 heterocycles. The van der Waals surface area contributed by atoms with E-state index in [2.05, 4.69) is 18.2 Å². The molecule has 104 valence electrons. The lowest BCUT2D eigenvalue weighted by molar-refractivity contribution is -0.910. The Balaban J connectivity index is 1.71. The van der Waals surface area contributed by atoms with Gasteiger partial charge in [0.2, 0.25) is 5.91 Å². The molecule has 1 N–H and O–H groups in total. The van der Waals surface area contributed by atoms with Crippen molar-refractivity contribution in [3.05, 3.63) is 42.0 Å². The second-order valence-electron chi connectivity index (χ2n) is 5.51. The minimum Gasteiger partial charge on any atom is -0.321 e. The van der Waals surface area contributed by atoms with Crippen molar-refractivity contribution in [3.63, 3.8) is 0 Å². The Labute approximate surface area is 118 Å². The molecule has 1 saturated heterocycles. The number of quaternary nitrogens is 1. The summed E-state index contributed by atoms with van der Waals surface area (Å²) in [5.74, 6) is -0.0769. The SMILES string of the molecule is CN1C(=O)C[C@H]([NH+]2CC=C(c3ccccc3)CC2)C1=O. The molecule has 4 nitrogen and oxygen atoms in total. The Morgan fingerprint density at radius 2 is 1.95 bits per heavy atom. The molecular formula is C16H19N2O2+. The Morgan fingerprint density at radius 3 is 2.50 bits per heavy atom. The zero-order chi connectivity index (χ0) is 14.1. The van der Waals surface area contributed by atoms with E-state index in [0.29, 0.717) is 6.42 Å². The molecule has 0 radical (unpaired) electrons. The molecular weight excluding hydrogens is 252 g/mol. The summed E-state index contributed by atoms with van der Waals surface area (Å²) in [6.07, 6.45) is 3.53.